The van der Waals surface area contributed by atoms with Gasteiger partial charge >= 0.3 is 0 Å². The molecule has 0 aliphatic carbocycles. The van der Waals surface area contributed by atoms with E-state index in [-0.39, 0.29) is 0 Å². The van der Waals surface area contributed by atoms with Crippen molar-refractivity contribution in [3.05, 3.63) is 34.9 Å². The van der Waals surface area contributed by atoms with Crippen LogP contribution in [0.4, 0.5) is 8.78 Å². The highest BCUT2D eigenvalue weighted by molar-refractivity contribution is 5.94. The van der Waals surface area contributed by atoms with Gasteiger partial charge in [-0.1, -0.05) is 0 Å². The van der Waals surface area contributed by atoms with Gasteiger partial charge in [0.05, 0.1) is 11.6 Å². The third kappa shape index (κ3) is 2.64. The standard InChI is InChI=1S/C11H9F2NO3/c1-5(15)6-2-7(9(13)3-8(6)12)11(17)10(16)4-14/h2-3,10-11,16-17H,1H3. The molecule has 0 aliphatic rings. The highest BCUT2D eigenvalue weighted by atomic mass is 19.1. The van der Waals surface area contributed by atoms with Gasteiger partial charge in [0.25, 0.3) is 0 Å². The second-order valence-corrected chi connectivity index (χ2v) is 3.43. The molecule has 0 aromatic heterocycles. The van der Waals surface area contributed by atoms with Crippen LogP contribution >= 0.6 is 0 Å². The van der Waals surface area contributed by atoms with Crippen LogP contribution in [0.3, 0.4) is 0 Å². The summed E-state index contributed by atoms with van der Waals surface area (Å²) in [7, 11) is 0. The number of carbonyl (C=O) groups is 1. The van der Waals surface area contributed by atoms with Crippen molar-refractivity contribution >= 4 is 5.78 Å². The van der Waals surface area contributed by atoms with Gasteiger partial charge in [-0.15, -0.1) is 0 Å². The normalized spacial score (nSPS) is 13.9. The Kier molecular flexibility index (Phi) is 3.89. The first-order valence-electron chi connectivity index (χ1n) is 4.64. The molecule has 0 fully saturated rings. The quantitative estimate of drug-likeness (QED) is 0.613. The van der Waals surface area contributed by atoms with Crippen molar-refractivity contribution in [1.82, 2.24) is 0 Å². The fraction of sp³-hybridized carbons (Fsp3) is 0.273. The van der Waals surface area contributed by atoms with Crippen LogP contribution in [0.2, 0.25) is 0 Å². The number of halogens is 2. The number of rotatable bonds is 3. The number of ketones is 1. The van der Waals surface area contributed by atoms with E-state index in [9.17, 15) is 18.7 Å². The number of hydrogen-bond donors (Lipinski definition) is 2. The molecule has 17 heavy (non-hydrogen) atoms. The van der Waals surface area contributed by atoms with Crippen molar-refractivity contribution in [2.75, 3.05) is 0 Å². The van der Waals surface area contributed by atoms with E-state index in [1.807, 2.05) is 0 Å². The fourth-order valence-electron chi connectivity index (χ4n) is 1.30. The van der Waals surface area contributed by atoms with Crippen molar-refractivity contribution in [2.45, 2.75) is 19.1 Å². The molecule has 0 amide bonds. The van der Waals surface area contributed by atoms with Crippen molar-refractivity contribution in [2.24, 2.45) is 0 Å². The van der Waals surface area contributed by atoms with Crippen molar-refractivity contribution in [1.29, 1.82) is 5.26 Å². The Morgan fingerprint density at radius 3 is 2.41 bits per heavy atom. The lowest BCUT2D eigenvalue weighted by Crippen LogP contribution is -2.18. The SMILES string of the molecule is CC(=O)c1cc(C(O)C(O)C#N)c(F)cc1F. The minimum Gasteiger partial charge on any atom is -0.384 e. The average Bonchev–Trinajstić information content (AvgIpc) is 2.26. The van der Waals surface area contributed by atoms with E-state index in [0.29, 0.717) is 6.07 Å². The van der Waals surface area contributed by atoms with Crippen LogP contribution in [0.15, 0.2) is 12.1 Å². The Bertz CT molecular complexity index is 496. The number of Topliss-reactive ketones (excluding diaryl/α,β-unsaturated/α-hetero) is 1. The molecule has 2 N–H and O–H groups in total. The first-order chi connectivity index (χ1) is 7.88. The summed E-state index contributed by atoms with van der Waals surface area (Å²) < 4.78 is 26.5. The zero-order valence-electron chi connectivity index (χ0n) is 8.82. The number of nitrogens with zero attached hydrogens (tertiary/aromatic N) is 1. The van der Waals surface area contributed by atoms with Gasteiger partial charge in [-0.25, -0.2) is 8.78 Å². The van der Waals surface area contributed by atoms with Crippen LogP contribution in [-0.4, -0.2) is 22.1 Å². The van der Waals surface area contributed by atoms with Crippen molar-refractivity contribution in [3.63, 3.8) is 0 Å². The summed E-state index contributed by atoms with van der Waals surface area (Å²) >= 11 is 0. The molecule has 1 aromatic carbocycles. The number of nitriles is 1. The molecule has 0 saturated heterocycles. The molecule has 2 unspecified atom stereocenters. The Labute approximate surface area is 95.7 Å². The van der Waals surface area contributed by atoms with Crippen LogP contribution in [0.25, 0.3) is 0 Å². The molecule has 0 bridgehead atoms. The topological polar surface area (TPSA) is 81.3 Å². The molecule has 0 aliphatic heterocycles. The van der Waals surface area contributed by atoms with Gasteiger partial charge in [0.2, 0.25) is 0 Å². The summed E-state index contributed by atoms with van der Waals surface area (Å²) in [6, 6.07) is 2.53. The molecule has 0 radical (unpaired) electrons. The maximum atomic E-state index is 13.3. The smallest absolute Gasteiger partial charge is 0.170 e. The number of aliphatic hydroxyl groups is 2. The highest BCUT2D eigenvalue weighted by Crippen LogP contribution is 2.23. The second kappa shape index (κ2) is 4.99. The first kappa shape index (κ1) is 13.2. The maximum Gasteiger partial charge on any atom is 0.170 e. The monoisotopic (exact) mass is 241 g/mol. The lowest BCUT2D eigenvalue weighted by molar-refractivity contribution is 0.0501. The molecular weight excluding hydrogens is 232 g/mol. The summed E-state index contributed by atoms with van der Waals surface area (Å²) in [5.41, 5.74) is -0.906. The molecule has 4 nitrogen and oxygen atoms in total. The summed E-state index contributed by atoms with van der Waals surface area (Å²) in [5, 5.41) is 26.8. The molecule has 0 saturated carbocycles. The molecule has 0 heterocycles. The lowest BCUT2D eigenvalue weighted by Gasteiger charge is -2.14. The van der Waals surface area contributed by atoms with Gasteiger partial charge in [0.15, 0.2) is 11.9 Å². The lowest BCUT2D eigenvalue weighted by atomic mass is 10.00. The Morgan fingerprint density at radius 2 is 1.94 bits per heavy atom. The summed E-state index contributed by atoms with van der Waals surface area (Å²) in [5.74, 6) is -2.84. The minimum absolute atomic E-state index is 0.411. The Balaban J connectivity index is 3.30. The minimum atomic E-state index is -1.85. The molecule has 0 spiro atoms. The van der Waals surface area contributed by atoms with E-state index in [4.69, 9.17) is 10.4 Å². The van der Waals surface area contributed by atoms with E-state index >= 15 is 0 Å². The maximum absolute atomic E-state index is 13.3. The van der Waals surface area contributed by atoms with Crippen LogP contribution in [0, 0.1) is 23.0 Å². The Morgan fingerprint density at radius 1 is 1.35 bits per heavy atom. The van der Waals surface area contributed by atoms with Crippen molar-refractivity contribution < 1.29 is 23.8 Å². The number of benzene rings is 1. The van der Waals surface area contributed by atoms with Crippen LogP contribution < -0.4 is 0 Å². The molecule has 1 aromatic rings. The van der Waals surface area contributed by atoms with Crippen molar-refractivity contribution in [3.8, 4) is 6.07 Å². The summed E-state index contributed by atoms with van der Waals surface area (Å²) in [6.45, 7) is 1.08. The summed E-state index contributed by atoms with van der Waals surface area (Å²) in [4.78, 5) is 11.0. The molecule has 6 heteroatoms. The van der Waals surface area contributed by atoms with Crippen LogP contribution in [0.1, 0.15) is 28.9 Å². The highest BCUT2D eigenvalue weighted by Gasteiger charge is 2.23. The van der Waals surface area contributed by atoms with Crippen LogP contribution in [-0.2, 0) is 0 Å². The largest absolute Gasteiger partial charge is 0.384 e. The van der Waals surface area contributed by atoms with E-state index in [0.717, 1.165) is 13.0 Å². The van der Waals surface area contributed by atoms with E-state index in [1.54, 1.807) is 0 Å². The summed E-state index contributed by atoms with van der Waals surface area (Å²) in [6.07, 6.45) is -3.69. The molecule has 1 rings (SSSR count). The number of aliphatic hydroxyl groups excluding tert-OH is 2. The van der Waals surface area contributed by atoms with Gasteiger partial charge in [-0.3, -0.25) is 4.79 Å². The van der Waals surface area contributed by atoms with E-state index in [2.05, 4.69) is 0 Å². The third-order valence-electron chi connectivity index (χ3n) is 2.22. The predicted molar refractivity (Wildman–Crippen MR) is 52.9 cm³/mol. The van der Waals surface area contributed by atoms with Gasteiger partial charge < -0.3 is 10.2 Å². The van der Waals surface area contributed by atoms with Gasteiger partial charge in [0, 0.05) is 11.6 Å². The third-order valence-corrected chi connectivity index (χ3v) is 2.22. The van der Waals surface area contributed by atoms with E-state index < -0.39 is 40.8 Å². The zero-order valence-corrected chi connectivity index (χ0v) is 8.82. The van der Waals surface area contributed by atoms with E-state index in [1.165, 1.54) is 6.07 Å². The number of carbonyl (C=O) groups excluding carboxylic acids is 1. The first-order valence-corrected chi connectivity index (χ1v) is 4.64. The molecule has 90 valence electrons. The van der Waals surface area contributed by atoms with Gasteiger partial charge in [-0.05, 0) is 13.0 Å². The fourth-order valence-corrected chi connectivity index (χ4v) is 1.30. The average molecular weight is 241 g/mol. The number of hydrogen-bond acceptors (Lipinski definition) is 4. The van der Waals surface area contributed by atoms with Gasteiger partial charge in [-0.2, -0.15) is 5.26 Å². The zero-order chi connectivity index (χ0) is 13.2. The predicted octanol–water partition coefficient (Wildman–Crippen LogP) is 1.09. The van der Waals surface area contributed by atoms with Crippen LogP contribution in [0.5, 0.6) is 0 Å². The van der Waals surface area contributed by atoms with Gasteiger partial charge in [0.1, 0.15) is 17.7 Å². The molecule has 2 atom stereocenters. The second-order valence-electron chi connectivity index (χ2n) is 3.43. The molecular formula is C11H9F2NO3. The Hall–Kier alpha value is -1.84.